The normalized spacial score (nSPS) is 30.6. The number of likely N-dealkylation sites (tertiary alicyclic amines) is 1. The number of carbonyl (C=O) groups is 2. The molecule has 2 amide bonds. The van der Waals surface area contributed by atoms with Crippen LogP contribution < -0.4 is 5.32 Å². The third kappa shape index (κ3) is 4.39. The molecule has 0 aromatic heterocycles. The van der Waals surface area contributed by atoms with E-state index in [0.717, 1.165) is 65.1 Å². The maximum Gasteiger partial charge on any atom is 0.224 e. The summed E-state index contributed by atoms with van der Waals surface area (Å²) in [6.07, 6.45) is 3.52. The number of rotatable bonds is 7. The minimum atomic E-state index is 0.0834. The topological polar surface area (TPSA) is 55.9 Å². The quantitative estimate of drug-likeness (QED) is 0.737. The first-order valence-corrected chi connectivity index (χ1v) is 10.6. The summed E-state index contributed by atoms with van der Waals surface area (Å²) in [5.41, 5.74) is 0. The van der Waals surface area contributed by atoms with Crippen LogP contribution in [0.5, 0.6) is 0 Å². The van der Waals surface area contributed by atoms with Gasteiger partial charge in [0, 0.05) is 63.7 Å². The van der Waals surface area contributed by atoms with Crippen molar-refractivity contribution in [3.05, 3.63) is 0 Å². The van der Waals surface area contributed by atoms with E-state index in [-0.39, 0.29) is 17.9 Å². The van der Waals surface area contributed by atoms with Crippen LogP contribution in [0.1, 0.15) is 46.5 Å². The molecule has 26 heavy (non-hydrogen) atoms. The lowest BCUT2D eigenvalue weighted by Crippen LogP contribution is -2.50. The van der Waals surface area contributed by atoms with Crippen LogP contribution in [0.2, 0.25) is 0 Å². The van der Waals surface area contributed by atoms with Crippen LogP contribution >= 0.6 is 0 Å². The smallest absolute Gasteiger partial charge is 0.224 e. The monoisotopic (exact) mass is 364 g/mol. The fourth-order valence-electron chi connectivity index (χ4n) is 4.67. The van der Waals surface area contributed by atoms with Crippen molar-refractivity contribution in [3.8, 4) is 0 Å². The number of hydrogen-bond acceptors (Lipinski definition) is 4. The van der Waals surface area contributed by atoms with E-state index in [1.54, 1.807) is 0 Å². The molecule has 1 aliphatic carbocycles. The maximum absolute atomic E-state index is 12.7. The van der Waals surface area contributed by atoms with Gasteiger partial charge in [-0.3, -0.25) is 9.59 Å². The van der Waals surface area contributed by atoms with Crippen LogP contribution in [0, 0.1) is 11.8 Å². The highest BCUT2D eigenvalue weighted by Gasteiger charge is 2.46. The zero-order chi connectivity index (χ0) is 18.7. The van der Waals surface area contributed by atoms with Crippen molar-refractivity contribution in [1.29, 1.82) is 0 Å². The van der Waals surface area contributed by atoms with Gasteiger partial charge in [0.25, 0.3) is 0 Å². The highest BCUT2D eigenvalue weighted by atomic mass is 16.2. The lowest BCUT2D eigenvalue weighted by Gasteiger charge is -2.35. The molecule has 3 aliphatic rings. The zero-order valence-electron chi connectivity index (χ0n) is 16.7. The Morgan fingerprint density at radius 2 is 1.77 bits per heavy atom. The highest BCUT2D eigenvalue weighted by Crippen LogP contribution is 2.38. The van der Waals surface area contributed by atoms with Crippen molar-refractivity contribution in [2.75, 3.05) is 45.8 Å². The summed E-state index contributed by atoms with van der Waals surface area (Å²) in [5.74, 6) is 1.02. The van der Waals surface area contributed by atoms with Crippen LogP contribution in [0.3, 0.4) is 0 Å². The van der Waals surface area contributed by atoms with Crippen molar-refractivity contribution in [1.82, 2.24) is 20.0 Å². The first-order valence-electron chi connectivity index (χ1n) is 10.6. The van der Waals surface area contributed by atoms with Crippen molar-refractivity contribution in [2.24, 2.45) is 11.8 Å². The van der Waals surface area contributed by atoms with Crippen LogP contribution in [0.25, 0.3) is 0 Å². The van der Waals surface area contributed by atoms with Crippen molar-refractivity contribution >= 4 is 11.8 Å². The second-order valence-electron chi connectivity index (χ2n) is 8.38. The molecular formula is C20H36N4O2. The Balaban J connectivity index is 1.40. The largest absolute Gasteiger partial charge is 0.353 e. The Morgan fingerprint density at radius 1 is 1.08 bits per heavy atom. The Hall–Kier alpha value is -1.14. The number of piperidine rings is 1. The van der Waals surface area contributed by atoms with E-state index in [2.05, 4.69) is 26.9 Å². The molecule has 3 rings (SSSR count). The van der Waals surface area contributed by atoms with Gasteiger partial charge in [0.1, 0.15) is 0 Å². The van der Waals surface area contributed by atoms with Gasteiger partial charge in [0.2, 0.25) is 11.8 Å². The number of carbonyl (C=O) groups excluding carboxylic acids is 2. The van der Waals surface area contributed by atoms with Crippen LogP contribution in [0.15, 0.2) is 0 Å². The molecule has 0 radical (unpaired) electrons. The average Bonchev–Trinajstić information content (AvgIpc) is 3.26. The van der Waals surface area contributed by atoms with Gasteiger partial charge < -0.3 is 20.0 Å². The molecule has 2 saturated heterocycles. The Labute approximate surface area is 158 Å². The summed E-state index contributed by atoms with van der Waals surface area (Å²) in [4.78, 5) is 31.8. The van der Waals surface area contributed by atoms with Crippen molar-refractivity contribution in [2.45, 2.75) is 58.5 Å². The maximum atomic E-state index is 12.7. The molecule has 4 unspecified atom stereocenters. The third-order valence-corrected chi connectivity index (χ3v) is 6.80. The summed E-state index contributed by atoms with van der Waals surface area (Å²) >= 11 is 0. The Morgan fingerprint density at radius 3 is 2.35 bits per heavy atom. The lowest BCUT2D eigenvalue weighted by atomic mass is 10.0. The van der Waals surface area contributed by atoms with E-state index >= 15 is 0 Å². The predicted octanol–water partition coefficient (Wildman–Crippen LogP) is 1.17. The fourth-order valence-corrected chi connectivity index (χ4v) is 4.67. The molecular weight excluding hydrogens is 328 g/mol. The lowest BCUT2D eigenvalue weighted by molar-refractivity contribution is -0.133. The molecule has 3 fully saturated rings. The fraction of sp³-hybridized carbons (Fsp3) is 0.900. The molecule has 2 aliphatic heterocycles. The number of likely N-dealkylation sites (N-methyl/N-ethyl adjacent to an activating group) is 1. The van der Waals surface area contributed by atoms with Gasteiger partial charge in [-0.1, -0.05) is 20.8 Å². The van der Waals surface area contributed by atoms with Gasteiger partial charge >= 0.3 is 0 Å². The van der Waals surface area contributed by atoms with E-state index in [1.807, 2.05) is 13.8 Å². The molecule has 6 nitrogen and oxygen atoms in total. The zero-order valence-corrected chi connectivity index (χ0v) is 16.7. The summed E-state index contributed by atoms with van der Waals surface area (Å²) in [7, 11) is 0. The summed E-state index contributed by atoms with van der Waals surface area (Å²) in [6.45, 7) is 13.5. The van der Waals surface area contributed by atoms with Gasteiger partial charge in [0.15, 0.2) is 0 Å². The minimum absolute atomic E-state index is 0.0834. The molecule has 2 bridgehead atoms. The van der Waals surface area contributed by atoms with Crippen LogP contribution in [-0.4, -0.2) is 84.4 Å². The number of piperazine rings is 1. The molecule has 0 aromatic rings. The molecule has 4 atom stereocenters. The van der Waals surface area contributed by atoms with Gasteiger partial charge in [-0.05, 0) is 31.7 Å². The highest BCUT2D eigenvalue weighted by molar-refractivity contribution is 5.79. The molecule has 1 saturated carbocycles. The van der Waals surface area contributed by atoms with Crippen molar-refractivity contribution in [3.63, 3.8) is 0 Å². The second kappa shape index (κ2) is 8.70. The third-order valence-electron chi connectivity index (χ3n) is 6.80. The van der Waals surface area contributed by atoms with Gasteiger partial charge in [0.05, 0.1) is 0 Å². The van der Waals surface area contributed by atoms with Gasteiger partial charge in [-0.25, -0.2) is 0 Å². The summed E-state index contributed by atoms with van der Waals surface area (Å²) < 4.78 is 0. The average molecular weight is 365 g/mol. The predicted molar refractivity (Wildman–Crippen MR) is 103 cm³/mol. The van der Waals surface area contributed by atoms with E-state index in [9.17, 15) is 9.59 Å². The molecule has 1 N–H and O–H groups in total. The standard InChI is InChI=1S/C20H36N4O2/c1-4-15(3)20(26)21-18-13-17-12-16(18)14-24(17)19(25)6-7-23-10-8-22(5-2)9-11-23/h15-18H,4-14H2,1-3H3,(H,21,26). The summed E-state index contributed by atoms with van der Waals surface area (Å²) in [5, 5.41) is 3.22. The Kier molecular flexibility index (Phi) is 6.56. The number of fused-ring (bicyclic) bond motifs is 2. The molecule has 148 valence electrons. The minimum Gasteiger partial charge on any atom is -0.353 e. The first kappa shape index (κ1) is 19.6. The summed E-state index contributed by atoms with van der Waals surface area (Å²) in [6, 6.07) is 0.611. The van der Waals surface area contributed by atoms with E-state index in [0.29, 0.717) is 24.3 Å². The Bertz CT molecular complexity index is 504. The van der Waals surface area contributed by atoms with Crippen molar-refractivity contribution < 1.29 is 9.59 Å². The number of nitrogens with zero attached hydrogens (tertiary/aromatic N) is 3. The molecule has 0 spiro atoms. The number of nitrogens with one attached hydrogen (secondary N) is 1. The van der Waals surface area contributed by atoms with Gasteiger partial charge in [-0.15, -0.1) is 0 Å². The van der Waals surface area contributed by atoms with Crippen LogP contribution in [0.4, 0.5) is 0 Å². The molecule has 2 heterocycles. The number of amides is 2. The van der Waals surface area contributed by atoms with E-state index in [1.165, 1.54) is 0 Å². The van der Waals surface area contributed by atoms with E-state index < -0.39 is 0 Å². The SMILES string of the molecule is CCC(C)C(=O)NC1CC2CC1CN2C(=O)CCN1CCN(CC)CC1. The number of hydrogen-bond donors (Lipinski definition) is 1. The molecule has 6 heteroatoms. The van der Waals surface area contributed by atoms with Crippen LogP contribution in [-0.2, 0) is 9.59 Å². The van der Waals surface area contributed by atoms with Gasteiger partial charge in [-0.2, -0.15) is 0 Å². The van der Waals surface area contributed by atoms with E-state index in [4.69, 9.17) is 0 Å². The molecule has 0 aromatic carbocycles. The first-order chi connectivity index (χ1) is 12.5. The second-order valence-corrected chi connectivity index (χ2v) is 8.38.